The SMILES string of the molecule is Cn1ncc(N)c1C(=O)N1CCC(c2ccccc2)CC1. The van der Waals surface area contributed by atoms with Gasteiger partial charge in [-0.15, -0.1) is 0 Å². The number of likely N-dealkylation sites (tertiary alicyclic amines) is 1. The van der Waals surface area contributed by atoms with Crippen molar-refractivity contribution in [2.24, 2.45) is 7.05 Å². The molecule has 1 aromatic carbocycles. The smallest absolute Gasteiger partial charge is 0.274 e. The summed E-state index contributed by atoms with van der Waals surface area (Å²) in [4.78, 5) is 14.4. The second kappa shape index (κ2) is 5.60. The van der Waals surface area contributed by atoms with Crippen LogP contribution in [0.1, 0.15) is 34.8 Å². The molecule has 0 bridgehead atoms. The van der Waals surface area contributed by atoms with Gasteiger partial charge in [-0.2, -0.15) is 5.10 Å². The lowest BCUT2D eigenvalue weighted by Gasteiger charge is -2.32. The second-order valence-electron chi connectivity index (χ2n) is 5.55. The zero-order chi connectivity index (χ0) is 14.8. The van der Waals surface area contributed by atoms with Crippen molar-refractivity contribution < 1.29 is 4.79 Å². The van der Waals surface area contributed by atoms with E-state index in [-0.39, 0.29) is 5.91 Å². The average molecular weight is 284 g/mol. The highest BCUT2D eigenvalue weighted by atomic mass is 16.2. The van der Waals surface area contributed by atoms with Gasteiger partial charge in [0, 0.05) is 20.1 Å². The predicted molar refractivity (Wildman–Crippen MR) is 81.9 cm³/mol. The van der Waals surface area contributed by atoms with Crippen LogP contribution in [0.15, 0.2) is 36.5 Å². The van der Waals surface area contributed by atoms with E-state index >= 15 is 0 Å². The topological polar surface area (TPSA) is 64.2 Å². The van der Waals surface area contributed by atoms with Gasteiger partial charge in [-0.3, -0.25) is 9.48 Å². The molecule has 3 rings (SSSR count). The Bertz CT molecular complexity index is 607. The van der Waals surface area contributed by atoms with E-state index in [2.05, 4.69) is 29.4 Å². The highest BCUT2D eigenvalue weighted by Crippen LogP contribution is 2.28. The molecule has 21 heavy (non-hydrogen) atoms. The number of piperidine rings is 1. The summed E-state index contributed by atoms with van der Waals surface area (Å²) in [6.45, 7) is 1.53. The van der Waals surface area contributed by atoms with Crippen LogP contribution in [-0.4, -0.2) is 33.7 Å². The minimum Gasteiger partial charge on any atom is -0.396 e. The van der Waals surface area contributed by atoms with Crippen molar-refractivity contribution in [2.45, 2.75) is 18.8 Å². The van der Waals surface area contributed by atoms with Crippen LogP contribution in [0.2, 0.25) is 0 Å². The minimum absolute atomic E-state index is 0.0148. The lowest BCUT2D eigenvalue weighted by Crippen LogP contribution is -2.39. The molecule has 2 heterocycles. The van der Waals surface area contributed by atoms with Crippen molar-refractivity contribution in [3.8, 4) is 0 Å². The van der Waals surface area contributed by atoms with E-state index in [1.54, 1.807) is 11.7 Å². The zero-order valence-electron chi connectivity index (χ0n) is 12.2. The van der Waals surface area contributed by atoms with Crippen molar-refractivity contribution in [1.29, 1.82) is 0 Å². The van der Waals surface area contributed by atoms with Crippen LogP contribution >= 0.6 is 0 Å². The molecule has 0 aliphatic carbocycles. The number of hydrogen-bond donors (Lipinski definition) is 1. The van der Waals surface area contributed by atoms with Gasteiger partial charge in [0.15, 0.2) is 0 Å². The standard InChI is InChI=1S/C16H20N4O/c1-19-15(14(17)11-18-19)16(21)20-9-7-13(8-10-20)12-5-3-2-4-6-12/h2-6,11,13H,7-10,17H2,1H3. The molecule has 1 saturated heterocycles. The van der Waals surface area contributed by atoms with Crippen LogP contribution in [-0.2, 0) is 7.05 Å². The molecule has 0 atom stereocenters. The lowest BCUT2D eigenvalue weighted by molar-refractivity contribution is 0.0703. The van der Waals surface area contributed by atoms with Crippen LogP contribution < -0.4 is 5.73 Å². The minimum atomic E-state index is -0.0148. The first-order valence-corrected chi connectivity index (χ1v) is 7.28. The Kier molecular flexibility index (Phi) is 3.64. The van der Waals surface area contributed by atoms with E-state index < -0.39 is 0 Å². The molecule has 1 amide bonds. The van der Waals surface area contributed by atoms with Gasteiger partial charge in [0.05, 0.1) is 11.9 Å². The molecular formula is C16H20N4O. The number of benzene rings is 1. The van der Waals surface area contributed by atoms with E-state index in [1.807, 2.05) is 11.0 Å². The second-order valence-corrected chi connectivity index (χ2v) is 5.55. The van der Waals surface area contributed by atoms with Gasteiger partial charge in [-0.25, -0.2) is 0 Å². The van der Waals surface area contributed by atoms with Crippen molar-refractivity contribution in [2.75, 3.05) is 18.8 Å². The number of carbonyl (C=O) groups excluding carboxylic acids is 1. The maximum Gasteiger partial charge on any atom is 0.274 e. The normalized spacial score (nSPS) is 16.1. The molecule has 1 aliphatic heterocycles. The number of nitrogens with two attached hydrogens (primary N) is 1. The van der Waals surface area contributed by atoms with E-state index in [0.29, 0.717) is 17.3 Å². The third kappa shape index (κ3) is 2.63. The van der Waals surface area contributed by atoms with Crippen molar-refractivity contribution >= 4 is 11.6 Å². The highest BCUT2D eigenvalue weighted by Gasteiger charge is 2.27. The Hall–Kier alpha value is -2.30. The van der Waals surface area contributed by atoms with Crippen LogP contribution in [0.3, 0.4) is 0 Å². The zero-order valence-corrected chi connectivity index (χ0v) is 12.2. The number of anilines is 1. The quantitative estimate of drug-likeness (QED) is 0.917. The fourth-order valence-corrected chi connectivity index (χ4v) is 3.01. The number of amides is 1. The number of rotatable bonds is 2. The average Bonchev–Trinajstić information content (AvgIpc) is 2.87. The molecule has 1 aliphatic rings. The van der Waals surface area contributed by atoms with Crippen molar-refractivity contribution in [1.82, 2.24) is 14.7 Å². The van der Waals surface area contributed by atoms with Gasteiger partial charge in [-0.05, 0) is 24.3 Å². The molecule has 5 heteroatoms. The fraction of sp³-hybridized carbons (Fsp3) is 0.375. The Balaban J connectivity index is 1.68. The molecule has 5 nitrogen and oxygen atoms in total. The number of carbonyl (C=O) groups is 1. The van der Waals surface area contributed by atoms with Crippen LogP contribution in [0, 0.1) is 0 Å². The molecule has 0 radical (unpaired) electrons. The summed E-state index contributed by atoms with van der Waals surface area (Å²) < 4.78 is 1.56. The summed E-state index contributed by atoms with van der Waals surface area (Å²) in [5.74, 6) is 0.526. The largest absolute Gasteiger partial charge is 0.396 e. The number of hydrogen-bond acceptors (Lipinski definition) is 3. The van der Waals surface area contributed by atoms with E-state index in [0.717, 1.165) is 25.9 Å². The molecule has 2 aromatic rings. The molecule has 0 unspecified atom stereocenters. The Morgan fingerprint density at radius 3 is 2.48 bits per heavy atom. The van der Waals surface area contributed by atoms with Gasteiger partial charge in [0.1, 0.15) is 5.69 Å². The summed E-state index contributed by atoms with van der Waals surface area (Å²) in [5, 5.41) is 4.04. The first-order valence-electron chi connectivity index (χ1n) is 7.28. The Morgan fingerprint density at radius 2 is 1.90 bits per heavy atom. The van der Waals surface area contributed by atoms with Gasteiger partial charge in [0.2, 0.25) is 0 Å². The fourth-order valence-electron chi connectivity index (χ4n) is 3.01. The van der Waals surface area contributed by atoms with Crippen LogP contribution in [0.5, 0.6) is 0 Å². The first-order chi connectivity index (χ1) is 10.2. The molecule has 2 N–H and O–H groups in total. The van der Waals surface area contributed by atoms with Gasteiger partial charge >= 0.3 is 0 Å². The van der Waals surface area contributed by atoms with Crippen molar-refractivity contribution in [3.05, 3.63) is 47.8 Å². The maximum atomic E-state index is 12.5. The molecular weight excluding hydrogens is 264 g/mol. The third-order valence-electron chi connectivity index (χ3n) is 4.22. The third-order valence-corrected chi connectivity index (χ3v) is 4.22. The van der Waals surface area contributed by atoms with E-state index in [9.17, 15) is 4.79 Å². The van der Waals surface area contributed by atoms with E-state index in [4.69, 9.17) is 5.73 Å². The first kappa shape index (κ1) is 13.7. The monoisotopic (exact) mass is 284 g/mol. The summed E-state index contributed by atoms with van der Waals surface area (Å²) >= 11 is 0. The maximum absolute atomic E-state index is 12.5. The predicted octanol–water partition coefficient (Wildman–Crippen LogP) is 2.02. The van der Waals surface area contributed by atoms with Crippen molar-refractivity contribution in [3.63, 3.8) is 0 Å². The summed E-state index contributed by atoms with van der Waals surface area (Å²) in [6, 6.07) is 10.5. The molecule has 1 fully saturated rings. The summed E-state index contributed by atoms with van der Waals surface area (Å²) in [6.07, 6.45) is 3.52. The van der Waals surface area contributed by atoms with Gasteiger partial charge < -0.3 is 10.6 Å². The Morgan fingerprint density at radius 1 is 1.24 bits per heavy atom. The van der Waals surface area contributed by atoms with Crippen LogP contribution in [0.25, 0.3) is 0 Å². The number of nitrogen functional groups attached to an aromatic ring is 1. The summed E-state index contributed by atoms with van der Waals surface area (Å²) in [7, 11) is 1.75. The summed E-state index contributed by atoms with van der Waals surface area (Å²) in [5.41, 5.74) is 8.15. The number of nitrogens with zero attached hydrogens (tertiary/aromatic N) is 3. The van der Waals surface area contributed by atoms with Crippen LogP contribution in [0.4, 0.5) is 5.69 Å². The molecule has 0 saturated carbocycles. The highest BCUT2D eigenvalue weighted by molar-refractivity contribution is 5.97. The Labute approximate surface area is 124 Å². The number of aryl methyl sites for hydroxylation is 1. The van der Waals surface area contributed by atoms with E-state index in [1.165, 1.54) is 11.8 Å². The van der Waals surface area contributed by atoms with Gasteiger partial charge in [0.25, 0.3) is 5.91 Å². The van der Waals surface area contributed by atoms with Gasteiger partial charge in [-0.1, -0.05) is 30.3 Å². The number of aromatic nitrogens is 2. The lowest BCUT2D eigenvalue weighted by atomic mass is 9.89. The molecule has 1 aromatic heterocycles. The molecule has 0 spiro atoms. The molecule has 110 valence electrons.